The van der Waals surface area contributed by atoms with Gasteiger partial charge in [-0.25, -0.2) is 0 Å². The Labute approximate surface area is 205 Å². The Morgan fingerprint density at radius 3 is 1.71 bits per heavy atom. The first-order valence-corrected chi connectivity index (χ1v) is 13.2. The topological polar surface area (TPSA) is 0 Å². The zero-order valence-electron chi connectivity index (χ0n) is 20.7. The van der Waals surface area contributed by atoms with Crippen molar-refractivity contribution >= 4 is 0 Å². The van der Waals surface area contributed by atoms with Gasteiger partial charge in [0.25, 0.3) is 0 Å². The van der Waals surface area contributed by atoms with Crippen LogP contribution in [0.2, 0.25) is 0 Å². The molecule has 0 saturated heterocycles. The Balaban J connectivity index is 1.28. The second kappa shape index (κ2) is 12.7. The molecule has 34 heavy (non-hydrogen) atoms. The molecule has 3 aromatic carbocycles. The van der Waals surface area contributed by atoms with Gasteiger partial charge in [-0.3, -0.25) is 4.39 Å². The Hall–Kier alpha value is -2.67. The van der Waals surface area contributed by atoms with Gasteiger partial charge in [0.2, 0.25) is 0 Å². The monoisotopic (exact) mass is 454 g/mol. The number of hydrogen-bond donors (Lipinski definition) is 0. The largest absolute Gasteiger partial charge is 0.251 e. The minimum Gasteiger partial charge on any atom is -0.251 e. The molecule has 1 aliphatic rings. The van der Waals surface area contributed by atoms with Crippen molar-refractivity contribution in [3.05, 3.63) is 107 Å². The van der Waals surface area contributed by atoms with Crippen molar-refractivity contribution in [3.63, 3.8) is 0 Å². The van der Waals surface area contributed by atoms with E-state index in [0.717, 1.165) is 37.5 Å². The lowest BCUT2D eigenvalue weighted by atomic mass is 9.78. The highest BCUT2D eigenvalue weighted by atomic mass is 19.1. The first-order chi connectivity index (χ1) is 16.7. The summed E-state index contributed by atoms with van der Waals surface area (Å²) >= 11 is 0. The molecule has 0 aromatic heterocycles. The van der Waals surface area contributed by atoms with Gasteiger partial charge in [0.15, 0.2) is 0 Å². The number of halogens is 1. The number of rotatable bonds is 10. The number of allylic oxidation sites excluding steroid dienone is 2. The van der Waals surface area contributed by atoms with Gasteiger partial charge in [-0.1, -0.05) is 91.9 Å². The van der Waals surface area contributed by atoms with Crippen molar-refractivity contribution in [1.82, 2.24) is 0 Å². The summed E-state index contributed by atoms with van der Waals surface area (Å²) in [5.41, 5.74) is 8.05. The molecule has 1 fully saturated rings. The molecular weight excluding hydrogens is 415 g/mol. The maximum absolute atomic E-state index is 12.3. The van der Waals surface area contributed by atoms with Crippen molar-refractivity contribution in [2.24, 2.45) is 5.92 Å². The van der Waals surface area contributed by atoms with Crippen LogP contribution in [0.3, 0.4) is 0 Å². The van der Waals surface area contributed by atoms with Crippen LogP contribution >= 0.6 is 0 Å². The number of hydrogen-bond acceptors (Lipinski definition) is 0. The third kappa shape index (κ3) is 6.92. The fourth-order valence-electron chi connectivity index (χ4n) is 5.22. The number of aryl methyl sites for hydroxylation is 3. The highest BCUT2D eigenvalue weighted by molar-refractivity contribution is 5.64. The molecule has 1 saturated carbocycles. The third-order valence-corrected chi connectivity index (χ3v) is 7.41. The van der Waals surface area contributed by atoms with Crippen molar-refractivity contribution in [3.8, 4) is 11.1 Å². The van der Waals surface area contributed by atoms with Crippen LogP contribution in [0.1, 0.15) is 73.6 Å². The van der Waals surface area contributed by atoms with Gasteiger partial charge < -0.3 is 0 Å². The Morgan fingerprint density at radius 1 is 0.676 bits per heavy atom. The first-order valence-electron chi connectivity index (χ1n) is 13.2. The standard InChI is InChI=1S/C33H39F/c1-2-3-5-26-13-17-30(18-14-26)32-21-23-33(24-22-32)31-19-15-29(16-20-31)12-11-28-9-7-27(8-10-28)6-4-25-34/h3,5,7-10,15-16,19-24,26,30H,2,4,6,11-14,17-18,25H2,1H3/b5-3+. The van der Waals surface area contributed by atoms with Crippen LogP contribution in [0.25, 0.3) is 11.1 Å². The van der Waals surface area contributed by atoms with Gasteiger partial charge in [-0.2, -0.15) is 0 Å². The predicted molar refractivity (Wildman–Crippen MR) is 144 cm³/mol. The summed E-state index contributed by atoms with van der Waals surface area (Å²) in [7, 11) is 0. The highest BCUT2D eigenvalue weighted by Crippen LogP contribution is 2.37. The van der Waals surface area contributed by atoms with E-state index >= 15 is 0 Å². The Kier molecular flexibility index (Phi) is 9.13. The Bertz CT molecular complexity index is 1000. The molecule has 0 spiro atoms. The number of alkyl halides is 1. The van der Waals surface area contributed by atoms with Crippen molar-refractivity contribution in [2.45, 2.75) is 70.6 Å². The van der Waals surface area contributed by atoms with E-state index in [0.29, 0.717) is 6.42 Å². The van der Waals surface area contributed by atoms with Gasteiger partial charge in [-0.05, 0) is 103 Å². The van der Waals surface area contributed by atoms with Crippen LogP contribution in [0, 0.1) is 5.92 Å². The molecule has 0 aliphatic heterocycles. The average Bonchev–Trinajstić information content (AvgIpc) is 2.91. The van der Waals surface area contributed by atoms with Crippen LogP contribution in [-0.2, 0) is 19.3 Å². The molecule has 0 atom stereocenters. The average molecular weight is 455 g/mol. The summed E-state index contributed by atoms with van der Waals surface area (Å²) < 4.78 is 12.3. The zero-order valence-corrected chi connectivity index (χ0v) is 20.7. The van der Waals surface area contributed by atoms with Crippen LogP contribution < -0.4 is 0 Å². The van der Waals surface area contributed by atoms with E-state index in [1.807, 2.05) is 0 Å². The molecule has 0 radical (unpaired) electrons. The maximum atomic E-state index is 12.3. The van der Waals surface area contributed by atoms with Crippen molar-refractivity contribution in [2.75, 3.05) is 6.67 Å². The normalized spacial score (nSPS) is 18.4. The van der Waals surface area contributed by atoms with Gasteiger partial charge in [0.05, 0.1) is 6.67 Å². The van der Waals surface area contributed by atoms with Gasteiger partial charge in [0.1, 0.15) is 0 Å². The van der Waals surface area contributed by atoms with Crippen LogP contribution in [-0.4, -0.2) is 6.67 Å². The quantitative estimate of drug-likeness (QED) is 0.268. The van der Waals surface area contributed by atoms with E-state index in [2.05, 4.69) is 91.9 Å². The summed E-state index contributed by atoms with van der Waals surface area (Å²) in [6.07, 6.45) is 14.7. The van der Waals surface area contributed by atoms with E-state index in [1.54, 1.807) is 0 Å². The summed E-state index contributed by atoms with van der Waals surface area (Å²) in [4.78, 5) is 0. The molecule has 0 nitrogen and oxygen atoms in total. The Morgan fingerprint density at radius 2 is 1.18 bits per heavy atom. The molecule has 4 rings (SSSR count). The lowest BCUT2D eigenvalue weighted by Crippen LogP contribution is -2.11. The molecule has 0 heterocycles. The summed E-state index contributed by atoms with van der Waals surface area (Å²) in [5, 5.41) is 0. The fourth-order valence-corrected chi connectivity index (χ4v) is 5.22. The van der Waals surface area contributed by atoms with Crippen LogP contribution in [0.5, 0.6) is 0 Å². The van der Waals surface area contributed by atoms with Gasteiger partial charge in [-0.15, -0.1) is 0 Å². The summed E-state index contributed by atoms with van der Waals surface area (Å²) in [6, 6.07) is 27.0. The minimum absolute atomic E-state index is 0.236. The second-order valence-corrected chi connectivity index (χ2v) is 9.88. The lowest BCUT2D eigenvalue weighted by molar-refractivity contribution is 0.375. The van der Waals surface area contributed by atoms with E-state index in [9.17, 15) is 4.39 Å². The van der Waals surface area contributed by atoms with Gasteiger partial charge in [0, 0.05) is 0 Å². The zero-order chi connectivity index (χ0) is 23.6. The van der Waals surface area contributed by atoms with E-state index in [1.165, 1.54) is 59.1 Å². The van der Waals surface area contributed by atoms with E-state index < -0.39 is 0 Å². The van der Waals surface area contributed by atoms with Crippen LogP contribution in [0.4, 0.5) is 4.39 Å². The number of benzene rings is 3. The fraction of sp³-hybridized carbons (Fsp3) is 0.394. The van der Waals surface area contributed by atoms with E-state index in [-0.39, 0.29) is 6.67 Å². The lowest BCUT2D eigenvalue weighted by Gasteiger charge is -2.27. The maximum Gasteiger partial charge on any atom is 0.0897 e. The molecular formula is C33H39F. The summed E-state index contributed by atoms with van der Waals surface area (Å²) in [6.45, 7) is 1.98. The van der Waals surface area contributed by atoms with E-state index in [4.69, 9.17) is 0 Å². The molecule has 0 unspecified atom stereocenters. The highest BCUT2D eigenvalue weighted by Gasteiger charge is 2.20. The first kappa shape index (κ1) is 24.5. The molecule has 1 aliphatic carbocycles. The van der Waals surface area contributed by atoms with Crippen LogP contribution in [0.15, 0.2) is 84.9 Å². The third-order valence-electron chi connectivity index (χ3n) is 7.41. The van der Waals surface area contributed by atoms with Crippen molar-refractivity contribution < 1.29 is 4.39 Å². The predicted octanol–water partition coefficient (Wildman–Crippen LogP) is 9.28. The van der Waals surface area contributed by atoms with Gasteiger partial charge >= 0.3 is 0 Å². The molecule has 0 N–H and O–H groups in total. The van der Waals surface area contributed by atoms with Crippen molar-refractivity contribution in [1.29, 1.82) is 0 Å². The molecule has 0 bridgehead atoms. The molecule has 3 aromatic rings. The SMILES string of the molecule is CC/C=C/C1CCC(c2ccc(-c3ccc(CCc4ccc(CCCF)cc4)cc3)cc2)CC1. The smallest absolute Gasteiger partial charge is 0.0897 e. The summed E-state index contributed by atoms with van der Waals surface area (Å²) in [5.74, 6) is 1.52. The minimum atomic E-state index is -0.236. The molecule has 1 heteroatoms. The molecule has 0 amide bonds. The molecule has 178 valence electrons. The second-order valence-electron chi connectivity index (χ2n) is 9.88.